The van der Waals surface area contributed by atoms with Crippen LogP contribution in [-0.4, -0.2) is 6.54 Å². The van der Waals surface area contributed by atoms with Crippen LogP contribution >= 0.6 is 11.6 Å². The molecule has 0 heterocycles. The molecule has 0 amide bonds. The van der Waals surface area contributed by atoms with Gasteiger partial charge in [0.25, 0.3) is 0 Å². The van der Waals surface area contributed by atoms with Gasteiger partial charge in [-0.3, -0.25) is 0 Å². The van der Waals surface area contributed by atoms with E-state index in [4.69, 9.17) is 17.1 Å². The Kier molecular flexibility index (Phi) is 4.90. The highest BCUT2D eigenvalue weighted by atomic mass is 35.5. The van der Waals surface area contributed by atoms with E-state index in [1.54, 1.807) is 0 Å². The first-order chi connectivity index (χ1) is 8.45. The van der Waals surface area contributed by atoms with E-state index in [9.17, 15) is 13.2 Å². The van der Waals surface area contributed by atoms with Gasteiger partial charge in [0.05, 0.1) is 10.6 Å². The minimum absolute atomic E-state index is 0.104. The molecule has 0 bridgehead atoms. The zero-order valence-electron chi connectivity index (χ0n) is 9.00. The summed E-state index contributed by atoms with van der Waals surface area (Å²) in [5, 5.41) is 3.40. The van der Waals surface area contributed by atoms with Gasteiger partial charge in [-0.1, -0.05) is 28.6 Å². The van der Waals surface area contributed by atoms with Gasteiger partial charge < -0.3 is 0 Å². The molecule has 1 aromatic carbocycles. The van der Waals surface area contributed by atoms with E-state index in [-0.39, 0.29) is 23.6 Å². The molecule has 0 aliphatic carbocycles. The topological polar surface area (TPSA) is 48.8 Å². The van der Waals surface area contributed by atoms with Crippen LogP contribution in [0.25, 0.3) is 10.4 Å². The first kappa shape index (κ1) is 14.2. The molecule has 94 valence electrons. The van der Waals surface area contributed by atoms with Gasteiger partial charge in [0.15, 0.2) is 0 Å². The molecule has 0 saturated heterocycles. The summed E-state index contributed by atoms with van der Waals surface area (Å²) in [7, 11) is 0. The lowest BCUT2D eigenvalue weighted by Gasteiger charge is -2.07. The highest BCUT2D eigenvalue weighted by Crippen LogP contribution is 2.31. The van der Waals surface area contributed by atoms with Crippen LogP contribution in [-0.2, 0) is 6.18 Å². The maximum absolute atomic E-state index is 12.4. The largest absolute Gasteiger partial charge is 0.416 e. The van der Waals surface area contributed by atoms with E-state index in [0.29, 0.717) is 0 Å². The van der Waals surface area contributed by atoms with Crippen molar-refractivity contribution in [2.75, 3.05) is 6.54 Å². The fourth-order valence-electron chi connectivity index (χ4n) is 1.11. The van der Waals surface area contributed by atoms with Crippen molar-refractivity contribution in [3.63, 3.8) is 0 Å². The average Bonchev–Trinajstić information content (AvgIpc) is 2.29. The van der Waals surface area contributed by atoms with Gasteiger partial charge in [0, 0.05) is 23.4 Å². The normalized spacial score (nSPS) is 10.2. The Morgan fingerprint density at radius 3 is 2.72 bits per heavy atom. The maximum Gasteiger partial charge on any atom is 0.416 e. The molecule has 0 saturated carbocycles. The first-order valence-electron chi connectivity index (χ1n) is 4.81. The number of nitrogens with zero attached hydrogens (tertiary/aromatic N) is 3. The van der Waals surface area contributed by atoms with Crippen LogP contribution in [0.2, 0.25) is 5.02 Å². The van der Waals surface area contributed by atoms with E-state index >= 15 is 0 Å². The highest BCUT2D eigenvalue weighted by Gasteiger charge is 2.30. The second-order valence-electron chi connectivity index (χ2n) is 3.20. The summed E-state index contributed by atoms with van der Waals surface area (Å²) in [6, 6.07) is 2.94. The van der Waals surface area contributed by atoms with Crippen molar-refractivity contribution in [2.45, 2.75) is 12.6 Å². The molecule has 0 fully saturated rings. The second kappa shape index (κ2) is 6.20. The number of hydrogen-bond donors (Lipinski definition) is 0. The van der Waals surface area contributed by atoms with Crippen molar-refractivity contribution >= 4 is 11.6 Å². The molecule has 0 unspecified atom stereocenters. The van der Waals surface area contributed by atoms with Crippen LogP contribution in [0.1, 0.15) is 17.5 Å². The number of hydrogen-bond acceptors (Lipinski definition) is 1. The molecule has 0 aliphatic rings. The lowest BCUT2D eigenvalue weighted by atomic mass is 10.1. The van der Waals surface area contributed by atoms with Crippen molar-refractivity contribution in [1.82, 2.24) is 0 Å². The SMILES string of the molecule is [N-]=[N+]=NCCC#Cc1cc(C(F)(F)F)ccc1Cl. The van der Waals surface area contributed by atoms with Crippen LogP contribution in [0.5, 0.6) is 0 Å². The smallest absolute Gasteiger partial charge is 0.166 e. The van der Waals surface area contributed by atoms with Gasteiger partial charge >= 0.3 is 6.18 Å². The van der Waals surface area contributed by atoms with Crippen LogP contribution in [0.4, 0.5) is 13.2 Å². The third-order valence-corrected chi connectivity index (χ3v) is 2.25. The van der Waals surface area contributed by atoms with Gasteiger partial charge in [-0.2, -0.15) is 13.2 Å². The van der Waals surface area contributed by atoms with Crippen molar-refractivity contribution in [1.29, 1.82) is 0 Å². The maximum atomic E-state index is 12.4. The summed E-state index contributed by atoms with van der Waals surface area (Å²) < 4.78 is 37.3. The molecule has 0 atom stereocenters. The monoisotopic (exact) mass is 273 g/mol. The first-order valence-corrected chi connectivity index (χ1v) is 5.19. The Bertz CT molecular complexity index is 537. The highest BCUT2D eigenvalue weighted by molar-refractivity contribution is 6.31. The van der Waals surface area contributed by atoms with Crippen molar-refractivity contribution < 1.29 is 13.2 Å². The van der Waals surface area contributed by atoms with Crippen LogP contribution < -0.4 is 0 Å². The predicted octanol–water partition coefficient (Wildman–Crippen LogP) is 4.41. The van der Waals surface area contributed by atoms with Gasteiger partial charge in [-0.05, 0) is 23.7 Å². The van der Waals surface area contributed by atoms with E-state index in [1.807, 2.05) is 0 Å². The van der Waals surface area contributed by atoms with Crippen LogP contribution in [0.15, 0.2) is 23.3 Å². The van der Waals surface area contributed by atoms with Crippen molar-refractivity contribution in [2.24, 2.45) is 5.11 Å². The number of alkyl halides is 3. The summed E-state index contributed by atoms with van der Waals surface area (Å²) >= 11 is 5.73. The number of azide groups is 1. The molecule has 3 nitrogen and oxygen atoms in total. The van der Waals surface area contributed by atoms with E-state index < -0.39 is 11.7 Å². The minimum Gasteiger partial charge on any atom is -0.166 e. The Morgan fingerprint density at radius 2 is 2.11 bits per heavy atom. The quantitative estimate of drug-likeness (QED) is 0.252. The summed E-state index contributed by atoms with van der Waals surface area (Å²) in [5.41, 5.74) is 7.32. The molecule has 0 N–H and O–H groups in total. The molecule has 0 aromatic heterocycles. The Balaban J connectivity index is 2.91. The summed E-state index contributed by atoms with van der Waals surface area (Å²) in [6.45, 7) is 0.167. The van der Waals surface area contributed by atoms with Gasteiger partial charge in [0.1, 0.15) is 0 Å². The number of halogens is 4. The van der Waals surface area contributed by atoms with Gasteiger partial charge in [-0.25, -0.2) is 0 Å². The lowest BCUT2D eigenvalue weighted by molar-refractivity contribution is -0.137. The molecule has 0 spiro atoms. The van der Waals surface area contributed by atoms with Crippen molar-refractivity contribution in [3.05, 3.63) is 44.8 Å². The molecule has 1 rings (SSSR count). The predicted molar refractivity (Wildman–Crippen MR) is 62.0 cm³/mol. The second-order valence-corrected chi connectivity index (χ2v) is 3.61. The summed E-state index contributed by atoms with van der Waals surface area (Å²) in [6.07, 6.45) is -4.16. The summed E-state index contributed by atoms with van der Waals surface area (Å²) in [5.74, 6) is 5.11. The standard InChI is InChI=1S/C11H7ClF3N3/c12-10-5-4-9(11(13,14)15)7-8(10)3-1-2-6-17-18-16/h4-5,7H,2,6H2. The van der Waals surface area contributed by atoms with Gasteiger partial charge in [-0.15, -0.1) is 0 Å². The molecule has 0 radical (unpaired) electrons. The fourth-order valence-corrected chi connectivity index (χ4v) is 1.27. The molecular weight excluding hydrogens is 267 g/mol. The summed E-state index contributed by atoms with van der Waals surface area (Å²) in [4.78, 5) is 2.53. The third-order valence-electron chi connectivity index (χ3n) is 1.92. The van der Waals surface area contributed by atoms with Crippen LogP contribution in [0, 0.1) is 11.8 Å². The lowest BCUT2D eigenvalue weighted by Crippen LogP contribution is -2.04. The Hall–Kier alpha value is -1.83. The number of benzene rings is 1. The zero-order valence-corrected chi connectivity index (χ0v) is 9.76. The number of rotatable bonds is 2. The van der Waals surface area contributed by atoms with Gasteiger partial charge in [0.2, 0.25) is 0 Å². The zero-order chi connectivity index (χ0) is 13.6. The Morgan fingerprint density at radius 1 is 1.39 bits per heavy atom. The van der Waals surface area contributed by atoms with Crippen molar-refractivity contribution in [3.8, 4) is 11.8 Å². The van der Waals surface area contributed by atoms with E-state index in [1.165, 1.54) is 0 Å². The Labute approximate surface area is 106 Å². The molecule has 0 aliphatic heterocycles. The molecular formula is C11H7ClF3N3. The van der Waals surface area contributed by atoms with E-state index in [2.05, 4.69) is 21.9 Å². The third kappa shape index (κ3) is 4.21. The average molecular weight is 274 g/mol. The van der Waals surface area contributed by atoms with E-state index in [0.717, 1.165) is 18.2 Å². The molecule has 7 heteroatoms. The fraction of sp³-hybridized carbons (Fsp3) is 0.273. The van der Waals surface area contributed by atoms with Crippen LogP contribution in [0.3, 0.4) is 0 Å². The molecule has 18 heavy (non-hydrogen) atoms. The minimum atomic E-state index is -4.42. The molecule has 1 aromatic rings.